The summed E-state index contributed by atoms with van der Waals surface area (Å²) in [5.41, 5.74) is -4.29. The molecule has 5 heterocycles. The van der Waals surface area contributed by atoms with Crippen molar-refractivity contribution in [2.24, 2.45) is 28.8 Å². The molecular formula is C59H94N4O20. The summed E-state index contributed by atoms with van der Waals surface area (Å²) in [7, 11) is 6.58. The van der Waals surface area contributed by atoms with Gasteiger partial charge < -0.3 is 92.5 Å². The molecule has 6 N–H and O–H groups in total. The Morgan fingerprint density at radius 2 is 1.63 bits per heavy atom. The summed E-state index contributed by atoms with van der Waals surface area (Å²) >= 11 is 0. The van der Waals surface area contributed by atoms with Crippen LogP contribution in [0.25, 0.3) is 10.9 Å². The van der Waals surface area contributed by atoms with E-state index >= 15 is 0 Å². The second-order valence-electron chi connectivity index (χ2n) is 24.6. The van der Waals surface area contributed by atoms with Gasteiger partial charge in [-0.2, -0.15) is 0 Å². The minimum absolute atomic E-state index is 0.0243. The standard InChI is InChI=1S/C59H94N4O20/c1-17-42-59(12,72)49(66)33(4)44(61-77-30-73-15)31(2)26-57(10,71)50(82-54-47(65)41(62(13)14)23-32(3)78-54)34(5)48(35(6)53(69)80-42)81-43-27-58(11,74-16)51(36(7)79-43)83-55(70)60-20-22-75-21-18-19-37-24-38-29-76-56(8,9)63-28-40(52(67)68)46(64)39(25-37)45(38)63/h24-25,28,31-36,41-43,47-51,54,65-66,71-72H,17-23,26-27,29-30H2,1-16H3,(H,60,70)(H,67,68)/t31-,32-,33+,34+,35-,36+,41+,42-,43+,47-,48+,49-,50-,51+,54?,57-,58-,59-/m1/s1. The predicted molar refractivity (Wildman–Crippen MR) is 302 cm³/mol. The van der Waals surface area contributed by atoms with Gasteiger partial charge >= 0.3 is 18.0 Å². The molecule has 3 saturated heterocycles. The number of rotatable bonds is 19. The van der Waals surface area contributed by atoms with Gasteiger partial charge in [-0.05, 0) is 113 Å². The number of amides is 1. The average molecular weight is 1180 g/mol. The van der Waals surface area contributed by atoms with E-state index in [-0.39, 0.29) is 69.2 Å². The van der Waals surface area contributed by atoms with E-state index in [1.807, 2.05) is 45.8 Å². The van der Waals surface area contributed by atoms with E-state index in [2.05, 4.69) is 10.5 Å². The summed E-state index contributed by atoms with van der Waals surface area (Å²) < 4.78 is 63.4. The van der Waals surface area contributed by atoms with Gasteiger partial charge in [0.2, 0.25) is 12.2 Å². The molecule has 0 aliphatic carbocycles. The van der Waals surface area contributed by atoms with Crippen molar-refractivity contribution in [3.63, 3.8) is 0 Å². The molecule has 0 radical (unpaired) electrons. The number of benzene rings is 1. The lowest BCUT2D eigenvalue weighted by Crippen LogP contribution is -2.61. The zero-order chi connectivity index (χ0) is 61.7. The first-order valence-corrected chi connectivity index (χ1v) is 29.0. The monoisotopic (exact) mass is 1180 g/mol. The molecule has 83 heavy (non-hydrogen) atoms. The van der Waals surface area contributed by atoms with Crippen molar-refractivity contribution < 1.29 is 92.1 Å². The largest absolute Gasteiger partial charge is 0.477 e. The summed E-state index contributed by atoms with van der Waals surface area (Å²) in [6.07, 6.45) is -8.81. The van der Waals surface area contributed by atoms with Gasteiger partial charge in [-0.1, -0.05) is 38.9 Å². The number of pyridine rings is 1. The van der Waals surface area contributed by atoms with E-state index in [0.29, 0.717) is 36.8 Å². The SMILES string of the molecule is CC[C@H]1OC(=O)[C@H](C)[C@@H](O[C@H]2C[C@@](C)(OC)[C@@H](OC(=O)NCCOCCCc3cc4c5c(c3)c(=O)c(C(=O)O)cn5C(C)(C)OC4)[C@H](C)O2)[C@H](C)[C@@H](OC2O[C@H](C)C[C@H](N(C)C)[C@H]2O)[C@](C)(O)C[C@@H](C)C(=NOCOC)[C@H](C)[C@@H](O)[C@]1(C)O. The molecule has 24 nitrogen and oxygen atoms in total. The van der Waals surface area contributed by atoms with Gasteiger partial charge in [0.15, 0.2) is 18.7 Å². The van der Waals surface area contributed by atoms with Crippen molar-refractivity contribution in [3.8, 4) is 0 Å². The number of nitrogens with one attached hydrogen (secondary N) is 1. The number of alkyl carbamates (subject to hydrolysis) is 1. The van der Waals surface area contributed by atoms with Gasteiger partial charge in [0.1, 0.15) is 34.7 Å². The highest BCUT2D eigenvalue weighted by Gasteiger charge is 2.54. The summed E-state index contributed by atoms with van der Waals surface area (Å²) in [5, 5.41) is 66.0. The first-order valence-electron chi connectivity index (χ1n) is 29.0. The van der Waals surface area contributed by atoms with Crippen molar-refractivity contribution in [1.82, 2.24) is 14.8 Å². The van der Waals surface area contributed by atoms with Crippen LogP contribution in [-0.2, 0) is 75.8 Å². The predicted octanol–water partition coefficient (Wildman–Crippen LogP) is 4.81. The molecule has 470 valence electrons. The molecule has 18 atom stereocenters. The van der Waals surface area contributed by atoms with Crippen LogP contribution in [0.4, 0.5) is 4.79 Å². The second kappa shape index (κ2) is 28.0. The quantitative estimate of drug-likeness (QED) is 0.0476. The van der Waals surface area contributed by atoms with Crippen molar-refractivity contribution in [1.29, 1.82) is 0 Å². The van der Waals surface area contributed by atoms with E-state index in [1.54, 1.807) is 66.0 Å². The minimum Gasteiger partial charge on any atom is -0.477 e. The molecule has 0 bridgehead atoms. The van der Waals surface area contributed by atoms with E-state index in [0.717, 1.165) is 11.1 Å². The third kappa shape index (κ3) is 15.4. The number of likely N-dealkylation sites (N-methyl/N-ethyl adjacent to an activating group) is 1. The number of carbonyl (C=O) groups is 3. The van der Waals surface area contributed by atoms with Crippen LogP contribution in [0.5, 0.6) is 0 Å². The first kappa shape index (κ1) is 67.7. The normalized spacial score (nSPS) is 36.8. The molecule has 0 saturated carbocycles. The number of carbonyl (C=O) groups excluding carboxylic acids is 2. The fourth-order valence-corrected chi connectivity index (χ4v) is 12.6. The number of aromatic carboxylic acids is 1. The van der Waals surface area contributed by atoms with Gasteiger partial charge in [-0.25, -0.2) is 9.59 Å². The number of nitrogens with zero attached hydrogens (tertiary/aromatic N) is 3. The number of aromatic nitrogens is 1. The zero-order valence-corrected chi connectivity index (χ0v) is 51.4. The van der Waals surface area contributed by atoms with Crippen LogP contribution in [0.15, 0.2) is 28.3 Å². The summed E-state index contributed by atoms with van der Waals surface area (Å²) in [4.78, 5) is 60.8. The van der Waals surface area contributed by atoms with Crippen molar-refractivity contribution in [2.75, 3.05) is 54.9 Å². The Morgan fingerprint density at radius 3 is 2.27 bits per heavy atom. The highest BCUT2D eigenvalue weighted by Crippen LogP contribution is 2.42. The molecular weight excluding hydrogens is 1080 g/mol. The van der Waals surface area contributed by atoms with E-state index in [4.69, 9.17) is 52.2 Å². The third-order valence-electron chi connectivity index (χ3n) is 17.3. The van der Waals surface area contributed by atoms with Gasteiger partial charge in [0, 0.05) is 74.7 Å². The number of carboxylic acids is 1. The van der Waals surface area contributed by atoms with Crippen LogP contribution in [-0.4, -0.2) is 198 Å². The number of aryl methyl sites for hydroxylation is 1. The molecule has 2 aromatic rings. The molecule has 0 spiro atoms. The number of carboxylic acid groups (broad SMARTS) is 1. The molecule has 3 fully saturated rings. The Kier molecular flexibility index (Phi) is 22.8. The Morgan fingerprint density at radius 1 is 0.928 bits per heavy atom. The number of oxime groups is 1. The van der Waals surface area contributed by atoms with E-state index in [1.165, 1.54) is 27.3 Å². The van der Waals surface area contributed by atoms with Crippen molar-refractivity contribution >= 4 is 34.6 Å². The first-order chi connectivity index (χ1) is 38.8. The van der Waals surface area contributed by atoms with Gasteiger partial charge in [-0.3, -0.25) is 9.59 Å². The van der Waals surface area contributed by atoms with Gasteiger partial charge in [-0.15, -0.1) is 0 Å². The Bertz CT molecular complexity index is 2630. The van der Waals surface area contributed by atoms with E-state index < -0.39 is 125 Å². The average Bonchev–Trinajstić information content (AvgIpc) is 1.47. The molecule has 4 aliphatic heterocycles. The summed E-state index contributed by atoms with van der Waals surface area (Å²) in [5.74, 6) is -5.76. The van der Waals surface area contributed by atoms with Gasteiger partial charge in [0.25, 0.3) is 0 Å². The maximum Gasteiger partial charge on any atom is 0.407 e. The summed E-state index contributed by atoms with van der Waals surface area (Å²) in [6, 6.07) is 3.31. The van der Waals surface area contributed by atoms with Crippen molar-refractivity contribution in [2.45, 2.75) is 218 Å². The number of hydrogen-bond donors (Lipinski definition) is 6. The zero-order valence-electron chi connectivity index (χ0n) is 51.4. The van der Waals surface area contributed by atoms with Crippen LogP contribution in [0, 0.1) is 23.7 Å². The van der Waals surface area contributed by atoms with Crippen LogP contribution in [0.3, 0.4) is 0 Å². The van der Waals surface area contributed by atoms with Crippen LogP contribution in [0.1, 0.15) is 137 Å². The smallest absolute Gasteiger partial charge is 0.407 e. The molecule has 1 aromatic carbocycles. The fourth-order valence-electron chi connectivity index (χ4n) is 12.6. The molecule has 1 amide bonds. The Hall–Kier alpha value is -4.41. The number of hydrogen-bond acceptors (Lipinski definition) is 21. The number of ether oxygens (including phenoxy) is 10. The van der Waals surface area contributed by atoms with Crippen LogP contribution < -0.4 is 10.7 Å². The maximum atomic E-state index is 14.7. The topological polar surface area (TPSA) is 304 Å². The number of cyclic esters (lactones) is 1. The fraction of sp³-hybridized carbons (Fsp3) is 0.780. The lowest BCUT2D eigenvalue weighted by Gasteiger charge is -2.49. The maximum absolute atomic E-state index is 14.7. The Labute approximate surface area is 487 Å². The molecule has 6 rings (SSSR count). The second-order valence-corrected chi connectivity index (χ2v) is 24.6. The summed E-state index contributed by atoms with van der Waals surface area (Å²) in [6.45, 7) is 21.0. The van der Waals surface area contributed by atoms with Crippen LogP contribution in [0.2, 0.25) is 0 Å². The molecule has 1 unspecified atom stereocenters. The third-order valence-corrected chi connectivity index (χ3v) is 17.3. The lowest BCUT2D eigenvalue weighted by atomic mass is 9.73. The van der Waals surface area contributed by atoms with Gasteiger partial charge in [0.05, 0.1) is 66.5 Å². The number of aliphatic hydroxyl groups excluding tert-OH is 2. The number of esters is 1. The van der Waals surface area contributed by atoms with E-state index in [9.17, 15) is 44.7 Å². The molecule has 24 heteroatoms. The van der Waals surface area contributed by atoms with Crippen molar-refractivity contribution in [3.05, 3.63) is 45.2 Å². The lowest BCUT2D eigenvalue weighted by molar-refractivity contribution is -0.317. The highest BCUT2D eigenvalue weighted by atomic mass is 16.7. The highest BCUT2D eigenvalue weighted by molar-refractivity contribution is 5.94. The number of methoxy groups -OCH3 is 2. The minimum atomic E-state index is -2.02. The number of aliphatic hydroxyl groups is 4. The molecule has 1 aromatic heterocycles. The Balaban J connectivity index is 1.18. The van der Waals surface area contributed by atoms with Crippen LogP contribution >= 0.6 is 0 Å². The molecule has 4 aliphatic rings.